The molecule has 1 rings (SSSR count). The third-order valence-corrected chi connectivity index (χ3v) is 3.70. The van der Waals surface area contributed by atoms with Crippen molar-refractivity contribution in [3.05, 3.63) is 29.8 Å². The molecule has 0 radical (unpaired) electrons. The first kappa shape index (κ1) is 16.0. The lowest BCUT2D eigenvalue weighted by Crippen LogP contribution is -2.33. The fraction of sp³-hybridized carbons (Fsp3) is 0.500. The summed E-state index contributed by atoms with van der Waals surface area (Å²) in [6, 6.07) is 8.26. The molecule has 0 aliphatic carbocycles. The predicted octanol–water partition coefficient (Wildman–Crippen LogP) is 1.65. The Morgan fingerprint density at radius 1 is 1.37 bits per heavy atom. The van der Waals surface area contributed by atoms with Crippen LogP contribution in [-0.4, -0.2) is 38.5 Å². The average molecular weight is 282 g/mol. The van der Waals surface area contributed by atoms with E-state index in [-0.39, 0.29) is 11.2 Å². The number of benzene rings is 1. The highest BCUT2D eigenvalue weighted by Crippen LogP contribution is 2.23. The van der Waals surface area contributed by atoms with Crippen molar-refractivity contribution >= 4 is 17.7 Å². The summed E-state index contributed by atoms with van der Waals surface area (Å²) >= 11 is 1.56. The minimum Gasteiger partial charge on any atom is -0.383 e. The van der Waals surface area contributed by atoms with Crippen molar-refractivity contribution in [2.24, 2.45) is 0 Å². The highest BCUT2D eigenvalue weighted by Gasteiger charge is 2.13. The molecule has 0 aliphatic rings. The zero-order valence-electron chi connectivity index (χ0n) is 11.7. The first-order valence-electron chi connectivity index (χ1n) is 6.34. The average Bonchev–Trinajstić information content (AvgIpc) is 2.41. The second kappa shape index (κ2) is 8.96. The molecule has 1 aromatic carbocycles. The molecule has 1 aromatic rings. The van der Waals surface area contributed by atoms with Crippen molar-refractivity contribution in [1.29, 1.82) is 0 Å². The minimum absolute atomic E-state index is 0.0429. The molecular formula is C14H22N2O2S. The molecule has 0 fully saturated rings. The highest BCUT2D eigenvalue weighted by atomic mass is 32.2. The fourth-order valence-electron chi connectivity index (χ4n) is 1.57. The molecule has 1 atom stereocenters. The van der Waals surface area contributed by atoms with Gasteiger partial charge in [0.05, 0.1) is 11.9 Å². The van der Waals surface area contributed by atoms with Crippen LogP contribution in [0.5, 0.6) is 0 Å². The fourth-order valence-corrected chi connectivity index (χ4v) is 2.46. The summed E-state index contributed by atoms with van der Waals surface area (Å²) in [6.45, 7) is 3.87. The molecule has 19 heavy (non-hydrogen) atoms. The van der Waals surface area contributed by atoms with Gasteiger partial charge < -0.3 is 15.4 Å². The molecule has 5 heteroatoms. The smallest absolute Gasteiger partial charge is 0.233 e. The molecule has 0 aliphatic heterocycles. The van der Waals surface area contributed by atoms with E-state index >= 15 is 0 Å². The van der Waals surface area contributed by atoms with Crippen molar-refractivity contribution < 1.29 is 9.53 Å². The zero-order valence-corrected chi connectivity index (χ0v) is 12.5. The van der Waals surface area contributed by atoms with Crippen LogP contribution in [0.25, 0.3) is 0 Å². The molecule has 4 nitrogen and oxygen atoms in total. The lowest BCUT2D eigenvalue weighted by molar-refractivity contribution is -0.120. The van der Waals surface area contributed by atoms with Crippen molar-refractivity contribution in [3.63, 3.8) is 0 Å². The number of ether oxygens (including phenoxy) is 1. The second-order valence-corrected chi connectivity index (χ2v) is 5.63. The number of thioether (sulfide) groups is 1. The predicted molar refractivity (Wildman–Crippen MR) is 79.4 cm³/mol. The van der Waals surface area contributed by atoms with E-state index < -0.39 is 0 Å². The first-order valence-corrected chi connectivity index (χ1v) is 7.22. The van der Waals surface area contributed by atoms with E-state index in [4.69, 9.17) is 4.74 Å². The van der Waals surface area contributed by atoms with Crippen molar-refractivity contribution in [2.75, 3.05) is 27.3 Å². The maximum atomic E-state index is 11.8. The number of rotatable bonds is 8. The summed E-state index contributed by atoms with van der Waals surface area (Å²) in [5.74, 6) is 0.0429. The van der Waals surface area contributed by atoms with Gasteiger partial charge in [0.15, 0.2) is 0 Å². The maximum Gasteiger partial charge on any atom is 0.233 e. The molecule has 0 heterocycles. The molecule has 0 saturated heterocycles. The number of amides is 1. The van der Waals surface area contributed by atoms with E-state index in [0.29, 0.717) is 13.2 Å². The SMILES string of the molecule is CNCc1ccc(SC(C)C(=O)NCCOC)cc1. The van der Waals surface area contributed by atoms with Crippen LogP contribution in [-0.2, 0) is 16.1 Å². The van der Waals surface area contributed by atoms with Crippen LogP contribution in [0.4, 0.5) is 0 Å². The van der Waals surface area contributed by atoms with Gasteiger partial charge in [-0.3, -0.25) is 4.79 Å². The van der Waals surface area contributed by atoms with E-state index in [9.17, 15) is 4.79 Å². The van der Waals surface area contributed by atoms with E-state index in [1.54, 1.807) is 18.9 Å². The van der Waals surface area contributed by atoms with Gasteiger partial charge in [-0.05, 0) is 31.7 Å². The molecule has 2 N–H and O–H groups in total. The molecule has 1 unspecified atom stereocenters. The molecular weight excluding hydrogens is 260 g/mol. The summed E-state index contributed by atoms with van der Waals surface area (Å²) < 4.78 is 4.90. The third kappa shape index (κ3) is 6.09. The molecule has 0 bridgehead atoms. The summed E-state index contributed by atoms with van der Waals surface area (Å²) in [4.78, 5) is 12.9. The van der Waals surface area contributed by atoms with Crippen LogP contribution < -0.4 is 10.6 Å². The topological polar surface area (TPSA) is 50.4 Å². The Hall–Kier alpha value is -1.04. The monoisotopic (exact) mass is 282 g/mol. The van der Waals surface area contributed by atoms with Gasteiger partial charge in [0.1, 0.15) is 0 Å². The van der Waals surface area contributed by atoms with Gasteiger partial charge in [0.2, 0.25) is 5.91 Å². The van der Waals surface area contributed by atoms with E-state index in [0.717, 1.165) is 11.4 Å². The highest BCUT2D eigenvalue weighted by molar-refractivity contribution is 8.00. The summed E-state index contributed by atoms with van der Waals surface area (Å²) in [5.41, 5.74) is 1.24. The number of carbonyl (C=O) groups excluding carboxylic acids is 1. The van der Waals surface area contributed by atoms with Crippen LogP contribution in [0.1, 0.15) is 12.5 Å². The normalized spacial score (nSPS) is 12.2. The Morgan fingerprint density at radius 3 is 2.63 bits per heavy atom. The Kier molecular flexibility index (Phi) is 7.55. The van der Waals surface area contributed by atoms with Crippen LogP contribution >= 0.6 is 11.8 Å². The summed E-state index contributed by atoms with van der Waals surface area (Å²) in [5, 5.41) is 5.84. The van der Waals surface area contributed by atoms with Crippen LogP contribution in [0, 0.1) is 0 Å². The summed E-state index contributed by atoms with van der Waals surface area (Å²) in [6.07, 6.45) is 0. The van der Waals surface area contributed by atoms with Gasteiger partial charge in [-0.1, -0.05) is 12.1 Å². The molecule has 106 valence electrons. The van der Waals surface area contributed by atoms with Crippen molar-refractivity contribution in [3.8, 4) is 0 Å². The van der Waals surface area contributed by atoms with E-state index in [1.165, 1.54) is 5.56 Å². The number of methoxy groups -OCH3 is 1. The number of hydrogen-bond acceptors (Lipinski definition) is 4. The quantitative estimate of drug-likeness (QED) is 0.562. The second-order valence-electron chi connectivity index (χ2n) is 4.22. The maximum absolute atomic E-state index is 11.8. The van der Waals surface area contributed by atoms with Gasteiger partial charge in [0, 0.05) is 25.1 Å². The number of carbonyl (C=O) groups is 1. The molecule has 1 amide bonds. The zero-order chi connectivity index (χ0) is 14.1. The van der Waals surface area contributed by atoms with Gasteiger partial charge in [-0.15, -0.1) is 11.8 Å². The number of nitrogens with one attached hydrogen (secondary N) is 2. The lowest BCUT2D eigenvalue weighted by Gasteiger charge is -2.12. The van der Waals surface area contributed by atoms with Gasteiger partial charge >= 0.3 is 0 Å². The van der Waals surface area contributed by atoms with E-state index in [2.05, 4.69) is 34.9 Å². The summed E-state index contributed by atoms with van der Waals surface area (Å²) in [7, 11) is 3.55. The lowest BCUT2D eigenvalue weighted by atomic mass is 10.2. The Labute approximate surface area is 119 Å². The Bertz CT molecular complexity index is 382. The van der Waals surface area contributed by atoms with Gasteiger partial charge in [-0.25, -0.2) is 0 Å². The van der Waals surface area contributed by atoms with Crippen molar-refractivity contribution in [2.45, 2.75) is 23.6 Å². The van der Waals surface area contributed by atoms with E-state index in [1.807, 2.05) is 14.0 Å². The molecule has 0 aromatic heterocycles. The van der Waals surface area contributed by atoms with Gasteiger partial charge in [-0.2, -0.15) is 0 Å². The van der Waals surface area contributed by atoms with Crippen LogP contribution in [0.3, 0.4) is 0 Å². The Morgan fingerprint density at radius 2 is 2.05 bits per heavy atom. The molecule has 0 spiro atoms. The van der Waals surface area contributed by atoms with Crippen LogP contribution in [0.15, 0.2) is 29.2 Å². The van der Waals surface area contributed by atoms with Gasteiger partial charge in [0.25, 0.3) is 0 Å². The van der Waals surface area contributed by atoms with Crippen LogP contribution in [0.2, 0.25) is 0 Å². The first-order chi connectivity index (χ1) is 9.17. The number of hydrogen-bond donors (Lipinski definition) is 2. The third-order valence-electron chi connectivity index (χ3n) is 2.59. The Balaban J connectivity index is 2.42. The van der Waals surface area contributed by atoms with Crippen molar-refractivity contribution in [1.82, 2.24) is 10.6 Å². The standard InChI is InChI=1S/C14H22N2O2S/c1-11(14(17)16-8-9-18-3)19-13-6-4-12(5-7-13)10-15-2/h4-7,11,15H,8-10H2,1-3H3,(H,16,17). The minimum atomic E-state index is -0.105. The molecule has 0 saturated carbocycles. The largest absolute Gasteiger partial charge is 0.383 e.